The van der Waals surface area contributed by atoms with Crippen molar-refractivity contribution in [2.45, 2.75) is 12.5 Å². The zero-order valence-corrected chi connectivity index (χ0v) is 15.8. The van der Waals surface area contributed by atoms with Crippen LogP contribution in [0.2, 0.25) is 5.02 Å². The number of aliphatic hydroxyl groups excluding tert-OH is 2. The smallest absolute Gasteiger partial charge is 0.138 e. The van der Waals surface area contributed by atoms with E-state index in [-0.39, 0.29) is 6.61 Å². The molecule has 26 heavy (non-hydrogen) atoms. The highest BCUT2D eigenvalue weighted by atomic mass is 35.5. The van der Waals surface area contributed by atoms with E-state index in [4.69, 9.17) is 21.4 Å². The van der Waals surface area contributed by atoms with Crippen LogP contribution in [0.3, 0.4) is 0 Å². The number of benzene rings is 2. The summed E-state index contributed by atoms with van der Waals surface area (Å²) in [7, 11) is 0. The van der Waals surface area contributed by atoms with Gasteiger partial charge in [-0.05, 0) is 36.6 Å². The molecule has 0 aliphatic carbocycles. The van der Waals surface area contributed by atoms with E-state index in [2.05, 4.69) is 9.69 Å². The molecule has 7 heteroatoms. The highest BCUT2D eigenvalue weighted by molar-refractivity contribution is 7.13. The number of aliphatic hydroxyl groups is 2. The standard InChI is InChI=1S/C19H21ClN2O3S/c20-18-15(19-14-5-1-2-8-17(14)26-22-19)6-3-7-16(18)25-10-4-9-21-11-13(24)12-23/h1-3,5-8,13,21,23-24H,4,9-12H2. The number of rotatable bonds is 9. The summed E-state index contributed by atoms with van der Waals surface area (Å²) in [6.45, 7) is 1.31. The van der Waals surface area contributed by atoms with Crippen molar-refractivity contribution in [3.05, 3.63) is 47.5 Å². The van der Waals surface area contributed by atoms with Crippen LogP contribution >= 0.6 is 23.1 Å². The molecule has 3 aromatic rings. The number of ether oxygens (including phenoxy) is 1. The molecule has 0 aliphatic heterocycles. The van der Waals surface area contributed by atoms with Crippen LogP contribution in [-0.2, 0) is 0 Å². The summed E-state index contributed by atoms with van der Waals surface area (Å²) in [6.07, 6.45) is 0.0354. The molecule has 3 rings (SSSR count). The molecular weight excluding hydrogens is 372 g/mol. The molecule has 2 aromatic carbocycles. The van der Waals surface area contributed by atoms with Gasteiger partial charge < -0.3 is 20.3 Å². The highest BCUT2D eigenvalue weighted by Gasteiger charge is 2.14. The molecule has 1 aromatic heterocycles. The summed E-state index contributed by atoms with van der Waals surface area (Å²) < 4.78 is 11.5. The Hall–Kier alpha value is -1.70. The van der Waals surface area contributed by atoms with Crippen molar-refractivity contribution in [2.24, 2.45) is 0 Å². The summed E-state index contributed by atoms with van der Waals surface area (Å²) in [6, 6.07) is 13.8. The lowest BCUT2D eigenvalue weighted by molar-refractivity contribution is 0.0942. The number of halogens is 1. The molecule has 0 aliphatic rings. The minimum Gasteiger partial charge on any atom is -0.492 e. The first-order valence-corrected chi connectivity index (χ1v) is 9.61. The number of hydrogen-bond acceptors (Lipinski definition) is 6. The average Bonchev–Trinajstić information content (AvgIpc) is 3.09. The Kier molecular flexibility index (Phi) is 6.82. The van der Waals surface area contributed by atoms with Gasteiger partial charge in [-0.25, -0.2) is 0 Å². The Morgan fingerprint density at radius 2 is 2.04 bits per heavy atom. The highest BCUT2D eigenvalue weighted by Crippen LogP contribution is 2.39. The molecule has 0 amide bonds. The van der Waals surface area contributed by atoms with Gasteiger partial charge in [0.15, 0.2) is 0 Å². The normalized spacial score (nSPS) is 12.4. The first kappa shape index (κ1) is 19.1. The third-order valence-corrected chi connectivity index (χ3v) is 5.16. The minimum atomic E-state index is -0.727. The quantitative estimate of drug-likeness (QED) is 0.487. The molecule has 138 valence electrons. The molecular formula is C19H21ClN2O3S. The van der Waals surface area contributed by atoms with Gasteiger partial charge in [0.1, 0.15) is 5.75 Å². The van der Waals surface area contributed by atoms with Gasteiger partial charge in [-0.15, -0.1) is 0 Å². The fourth-order valence-corrected chi connectivity index (χ4v) is 3.66. The topological polar surface area (TPSA) is 74.6 Å². The number of nitrogens with one attached hydrogen (secondary N) is 1. The number of aromatic nitrogens is 1. The van der Waals surface area contributed by atoms with Crippen molar-refractivity contribution >= 4 is 33.2 Å². The summed E-state index contributed by atoms with van der Waals surface area (Å²) in [4.78, 5) is 0. The second-order valence-corrected chi connectivity index (χ2v) is 7.07. The van der Waals surface area contributed by atoms with E-state index in [1.807, 2.05) is 42.5 Å². The Balaban J connectivity index is 1.63. The molecule has 0 radical (unpaired) electrons. The van der Waals surface area contributed by atoms with Crippen molar-refractivity contribution in [3.8, 4) is 17.0 Å². The van der Waals surface area contributed by atoms with Crippen LogP contribution in [0.4, 0.5) is 0 Å². The van der Waals surface area contributed by atoms with E-state index >= 15 is 0 Å². The van der Waals surface area contributed by atoms with Crippen molar-refractivity contribution in [1.82, 2.24) is 9.69 Å². The van der Waals surface area contributed by atoms with Gasteiger partial charge >= 0.3 is 0 Å². The summed E-state index contributed by atoms with van der Waals surface area (Å²) in [5.74, 6) is 0.636. The van der Waals surface area contributed by atoms with Crippen molar-refractivity contribution < 1.29 is 14.9 Å². The van der Waals surface area contributed by atoms with E-state index in [1.165, 1.54) is 11.5 Å². The fraction of sp³-hybridized carbons (Fsp3) is 0.316. The molecule has 3 N–H and O–H groups in total. The van der Waals surface area contributed by atoms with E-state index in [1.54, 1.807) is 0 Å². The maximum absolute atomic E-state index is 9.26. The zero-order valence-electron chi connectivity index (χ0n) is 14.2. The molecule has 1 atom stereocenters. The lowest BCUT2D eigenvalue weighted by Crippen LogP contribution is -2.30. The summed E-state index contributed by atoms with van der Waals surface area (Å²) in [5.41, 5.74) is 1.74. The minimum absolute atomic E-state index is 0.239. The van der Waals surface area contributed by atoms with Gasteiger partial charge in [0, 0.05) is 17.5 Å². The van der Waals surface area contributed by atoms with Crippen LogP contribution in [0.1, 0.15) is 6.42 Å². The molecule has 0 bridgehead atoms. The second kappa shape index (κ2) is 9.30. The monoisotopic (exact) mass is 392 g/mol. The van der Waals surface area contributed by atoms with Crippen LogP contribution in [0.15, 0.2) is 42.5 Å². The van der Waals surface area contributed by atoms with Crippen LogP contribution in [-0.4, -0.2) is 47.0 Å². The lowest BCUT2D eigenvalue weighted by atomic mass is 10.1. The molecule has 0 fully saturated rings. The summed E-state index contributed by atoms with van der Waals surface area (Å²) in [5, 5.41) is 22.7. The van der Waals surface area contributed by atoms with E-state index in [9.17, 15) is 5.11 Å². The number of hydrogen-bond donors (Lipinski definition) is 3. The van der Waals surface area contributed by atoms with Crippen molar-refractivity contribution in [2.75, 3.05) is 26.3 Å². The SMILES string of the molecule is OCC(O)CNCCCOc1cccc(-c2nsc3ccccc23)c1Cl. The Morgan fingerprint density at radius 3 is 2.88 bits per heavy atom. The maximum atomic E-state index is 9.26. The zero-order chi connectivity index (χ0) is 18.4. The predicted octanol–water partition coefficient (Wildman–Crippen LogP) is 3.33. The van der Waals surface area contributed by atoms with Gasteiger partial charge in [-0.1, -0.05) is 41.9 Å². The molecule has 0 spiro atoms. The first-order valence-electron chi connectivity index (χ1n) is 8.46. The second-order valence-electron chi connectivity index (χ2n) is 5.89. The van der Waals surface area contributed by atoms with Gasteiger partial charge in [0.05, 0.1) is 34.7 Å². The molecule has 0 saturated heterocycles. The first-order chi connectivity index (χ1) is 12.7. The molecule has 5 nitrogen and oxygen atoms in total. The Morgan fingerprint density at radius 1 is 1.19 bits per heavy atom. The Labute approximate surface area is 161 Å². The van der Waals surface area contributed by atoms with Gasteiger partial charge in [0.2, 0.25) is 0 Å². The number of fused-ring (bicyclic) bond motifs is 1. The van der Waals surface area contributed by atoms with Crippen molar-refractivity contribution in [3.63, 3.8) is 0 Å². The lowest BCUT2D eigenvalue weighted by Gasteiger charge is -2.12. The van der Waals surface area contributed by atoms with Gasteiger partial charge in [0.25, 0.3) is 0 Å². The third kappa shape index (κ3) is 4.52. The van der Waals surface area contributed by atoms with Crippen molar-refractivity contribution in [1.29, 1.82) is 0 Å². The van der Waals surface area contributed by atoms with Gasteiger partial charge in [-0.2, -0.15) is 4.37 Å². The van der Waals surface area contributed by atoms with Gasteiger partial charge in [-0.3, -0.25) is 0 Å². The van der Waals surface area contributed by atoms with Crippen LogP contribution < -0.4 is 10.1 Å². The van der Waals surface area contributed by atoms with Crippen LogP contribution in [0.5, 0.6) is 5.75 Å². The molecule has 1 unspecified atom stereocenters. The summed E-state index contributed by atoms with van der Waals surface area (Å²) >= 11 is 8.02. The maximum Gasteiger partial charge on any atom is 0.138 e. The van der Waals surface area contributed by atoms with E-state index in [0.29, 0.717) is 30.5 Å². The molecule has 1 heterocycles. The number of nitrogens with zero attached hydrogens (tertiary/aromatic N) is 1. The Bertz CT molecular complexity index is 856. The van der Waals surface area contributed by atoms with Crippen LogP contribution in [0, 0.1) is 0 Å². The largest absolute Gasteiger partial charge is 0.492 e. The molecule has 0 saturated carbocycles. The third-order valence-electron chi connectivity index (χ3n) is 3.94. The average molecular weight is 393 g/mol. The van der Waals surface area contributed by atoms with E-state index < -0.39 is 6.10 Å². The predicted molar refractivity (Wildman–Crippen MR) is 106 cm³/mol. The fourth-order valence-electron chi connectivity index (χ4n) is 2.60. The van der Waals surface area contributed by atoms with E-state index in [0.717, 1.165) is 27.8 Å². The van der Waals surface area contributed by atoms with Crippen LogP contribution in [0.25, 0.3) is 21.3 Å².